The summed E-state index contributed by atoms with van der Waals surface area (Å²) in [5.41, 5.74) is -1.45. The molecular weight excluding hydrogens is 420 g/mol. The smallest absolute Gasteiger partial charge is 0.394 e. The molecule has 2 unspecified atom stereocenters. The van der Waals surface area contributed by atoms with Crippen LogP contribution in [0.3, 0.4) is 0 Å². The van der Waals surface area contributed by atoms with Gasteiger partial charge in [-0.2, -0.15) is 8.42 Å². The second-order valence-corrected chi connectivity index (χ2v) is 7.09. The van der Waals surface area contributed by atoms with Crippen molar-refractivity contribution in [2.75, 3.05) is 39.6 Å². The maximum absolute atomic E-state index is 8.74. The van der Waals surface area contributed by atoms with Gasteiger partial charge in [-0.1, -0.05) is 25.3 Å². The molecule has 11 nitrogen and oxygen atoms in total. The van der Waals surface area contributed by atoms with E-state index in [-0.39, 0.29) is 12.3 Å². The van der Waals surface area contributed by atoms with Crippen LogP contribution in [-0.4, -0.2) is 68.4 Å². The molecule has 30 heavy (non-hydrogen) atoms. The van der Waals surface area contributed by atoms with Crippen LogP contribution in [0.2, 0.25) is 0 Å². The van der Waals surface area contributed by atoms with Gasteiger partial charge in [-0.15, -0.1) is 13.2 Å². The van der Waals surface area contributed by atoms with Crippen molar-refractivity contribution in [1.29, 1.82) is 0 Å². The summed E-state index contributed by atoms with van der Waals surface area (Å²) in [6.45, 7) is 18.0. The van der Waals surface area contributed by atoms with Crippen LogP contribution < -0.4 is 12.3 Å². The van der Waals surface area contributed by atoms with Crippen LogP contribution in [-0.2, 0) is 34.1 Å². The van der Waals surface area contributed by atoms with E-state index >= 15 is 0 Å². The molecule has 0 aromatic heterocycles. The van der Waals surface area contributed by atoms with E-state index in [9.17, 15) is 0 Å². The Labute approximate surface area is 178 Å². The minimum Gasteiger partial charge on any atom is -0.495 e. The van der Waals surface area contributed by atoms with Crippen molar-refractivity contribution in [2.24, 2.45) is 0 Å². The Kier molecular flexibility index (Phi) is 13.7. The molecule has 176 valence electrons. The quantitative estimate of drug-likeness (QED) is 0.215. The van der Waals surface area contributed by atoms with E-state index in [2.05, 4.69) is 26.3 Å². The molecule has 0 aliphatic carbocycles. The van der Waals surface area contributed by atoms with Crippen molar-refractivity contribution in [2.45, 2.75) is 24.0 Å². The van der Waals surface area contributed by atoms with Crippen LogP contribution in [0.5, 0.6) is 0 Å². The molecule has 2 fully saturated rings. The number of hydrogen-bond acceptors (Lipinski definition) is 9. The van der Waals surface area contributed by atoms with Gasteiger partial charge in [0.1, 0.15) is 11.5 Å². The van der Waals surface area contributed by atoms with Crippen molar-refractivity contribution in [3.05, 3.63) is 50.0 Å². The first kappa shape index (κ1) is 30.4. The molecule has 8 N–H and O–H groups in total. The molecular formula is C18H34N2O9S. The van der Waals surface area contributed by atoms with Crippen molar-refractivity contribution >= 4 is 10.4 Å². The lowest BCUT2D eigenvalue weighted by Gasteiger charge is -2.38. The van der Waals surface area contributed by atoms with Gasteiger partial charge in [-0.3, -0.25) is 9.11 Å². The molecule has 2 saturated heterocycles. The summed E-state index contributed by atoms with van der Waals surface area (Å²) >= 11 is 0. The SMILES string of the molecule is C=CCOCC1(OC2(COCC=C)CCOC2=C)CCOC1=C.N.N.O=S(=O)(O)O. The molecule has 2 aliphatic heterocycles. The van der Waals surface area contributed by atoms with Crippen LogP contribution >= 0.6 is 0 Å². The molecule has 12 heteroatoms. The zero-order valence-electron chi connectivity index (χ0n) is 17.2. The van der Waals surface area contributed by atoms with Gasteiger partial charge in [0.15, 0.2) is 11.2 Å². The zero-order chi connectivity index (χ0) is 21.3. The van der Waals surface area contributed by atoms with Gasteiger partial charge in [-0.05, 0) is 0 Å². The zero-order valence-corrected chi connectivity index (χ0v) is 18.0. The molecule has 0 aromatic carbocycles. The molecule has 0 bridgehead atoms. The van der Waals surface area contributed by atoms with Crippen LogP contribution in [0.4, 0.5) is 0 Å². The minimum absolute atomic E-state index is 0. The van der Waals surface area contributed by atoms with Crippen molar-refractivity contribution < 1.29 is 41.2 Å². The number of ether oxygens (including phenoxy) is 5. The number of rotatable bonds is 10. The van der Waals surface area contributed by atoms with Gasteiger partial charge >= 0.3 is 10.4 Å². The lowest BCUT2D eigenvalue weighted by molar-refractivity contribution is -0.168. The highest BCUT2D eigenvalue weighted by Crippen LogP contribution is 2.42. The number of hydrogen-bond donors (Lipinski definition) is 4. The Bertz CT molecular complexity index is 633. The van der Waals surface area contributed by atoms with Crippen LogP contribution in [0.1, 0.15) is 12.8 Å². The Morgan fingerprint density at radius 2 is 1.23 bits per heavy atom. The summed E-state index contributed by atoms with van der Waals surface area (Å²) in [5.74, 6) is 1.15. The molecule has 0 aromatic rings. The first-order valence-electron chi connectivity index (χ1n) is 8.50. The van der Waals surface area contributed by atoms with Gasteiger partial charge in [0.2, 0.25) is 0 Å². The van der Waals surface area contributed by atoms with Crippen molar-refractivity contribution in [3.63, 3.8) is 0 Å². The fourth-order valence-electron chi connectivity index (χ4n) is 2.79. The third-order valence-electron chi connectivity index (χ3n) is 4.11. The largest absolute Gasteiger partial charge is 0.495 e. The van der Waals surface area contributed by atoms with Gasteiger partial charge in [0, 0.05) is 12.8 Å². The van der Waals surface area contributed by atoms with Gasteiger partial charge in [0.05, 0.1) is 39.6 Å². The van der Waals surface area contributed by atoms with E-state index in [1.165, 1.54) is 0 Å². The van der Waals surface area contributed by atoms with E-state index in [1.807, 2.05) is 0 Å². The third kappa shape index (κ3) is 9.36. The summed E-state index contributed by atoms with van der Waals surface area (Å²) in [7, 11) is -4.67. The molecule has 0 radical (unpaired) electrons. The molecule has 2 aliphatic rings. The summed E-state index contributed by atoms with van der Waals surface area (Å²) < 4.78 is 60.5. The standard InChI is InChI=1S/C18H26O5.2H3N.H2O4S/c1-5-9-19-13-17(7-11-21-15(17)3)23-18(14-20-10-6-2)8-12-22-16(18)4;;;1-5(2,3)4/h5-6H,1-4,7-14H2;2*1H3;(H2,1,2,3,4). The Balaban J connectivity index is 0. The minimum atomic E-state index is -4.67. The first-order valence-corrected chi connectivity index (χ1v) is 9.90. The summed E-state index contributed by atoms with van der Waals surface area (Å²) in [6.07, 6.45) is 4.73. The van der Waals surface area contributed by atoms with Crippen molar-refractivity contribution in [1.82, 2.24) is 12.3 Å². The molecule has 2 rings (SSSR count). The predicted molar refractivity (Wildman–Crippen MR) is 112 cm³/mol. The monoisotopic (exact) mass is 454 g/mol. The first-order chi connectivity index (χ1) is 13.1. The van der Waals surface area contributed by atoms with Gasteiger partial charge in [0.25, 0.3) is 0 Å². The third-order valence-corrected chi connectivity index (χ3v) is 4.11. The fourth-order valence-corrected chi connectivity index (χ4v) is 2.79. The summed E-state index contributed by atoms with van der Waals surface area (Å²) in [6, 6.07) is 0. The van der Waals surface area contributed by atoms with E-state index < -0.39 is 21.6 Å². The second-order valence-electron chi connectivity index (χ2n) is 6.19. The van der Waals surface area contributed by atoms with Gasteiger partial charge < -0.3 is 36.0 Å². The Hall–Kier alpha value is -1.77. The van der Waals surface area contributed by atoms with Gasteiger partial charge in [-0.25, -0.2) is 0 Å². The maximum atomic E-state index is 8.74. The normalized spacial score (nSPS) is 25.0. The lowest BCUT2D eigenvalue weighted by Crippen LogP contribution is -2.49. The highest BCUT2D eigenvalue weighted by molar-refractivity contribution is 7.79. The fraction of sp³-hybridized carbons (Fsp3) is 0.556. The van der Waals surface area contributed by atoms with Crippen LogP contribution in [0, 0.1) is 0 Å². The molecule has 0 amide bonds. The van der Waals surface area contributed by atoms with Crippen LogP contribution in [0.25, 0.3) is 0 Å². The predicted octanol–water partition coefficient (Wildman–Crippen LogP) is 2.43. The van der Waals surface area contributed by atoms with Crippen LogP contribution in [0.15, 0.2) is 50.0 Å². The lowest BCUT2D eigenvalue weighted by atomic mass is 9.95. The topological polar surface area (TPSA) is 191 Å². The molecule has 0 spiro atoms. The van der Waals surface area contributed by atoms with E-state index in [1.54, 1.807) is 12.2 Å². The van der Waals surface area contributed by atoms with E-state index in [0.29, 0.717) is 64.0 Å². The molecule has 2 atom stereocenters. The second kappa shape index (κ2) is 13.5. The molecule has 0 saturated carbocycles. The highest BCUT2D eigenvalue weighted by atomic mass is 32.3. The summed E-state index contributed by atoms with van der Waals surface area (Å²) in [4.78, 5) is 0. The highest BCUT2D eigenvalue weighted by Gasteiger charge is 2.52. The van der Waals surface area contributed by atoms with E-state index in [0.717, 1.165) is 0 Å². The maximum Gasteiger partial charge on any atom is 0.394 e. The van der Waals surface area contributed by atoms with E-state index in [4.69, 9.17) is 41.2 Å². The average Bonchev–Trinajstić information content (AvgIpc) is 3.11. The average molecular weight is 455 g/mol. The Morgan fingerprint density at radius 1 is 0.900 bits per heavy atom. The summed E-state index contributed by atoms with van der Waals surface area (Å²) in [5, 5.41) is 0. The molecule has 2 heterocycles. The Morgan fingerprint density at radius 3 is 1.47 bits per heavy atom. The van der Waals surface area contributed by atoms with Crippen molar-refractivity contribution in [3.8, 4) is 0 Å².